The fourth-order valence-electron chi connectivity index (χ4n) is 4.14. The molecule has 4 unspecified atom stereocenters. The standard InChI is InChI=1S/C22H20N2O6/c25-13-16-18-19(20(28-16)24-12-11-17(26)23-21(24)27)30-22(29-18,14-7-3-1-4-8-14)15-9-5-2-6-10-15/h1-12,16,18-20,25H,13H2,(H,23,26,27). The van der Waals surface area contributed by atoms with Crippen molar-refractivity contribution in [3.63, 3.8) is 0 Å². The third kappa shape index (κ3) is 2.93. The Kier molecular flexibility index (Phi) is 4.63. The molecule has 0 aliphatic carbocycles. The number of ether oxygens (including phenoxy) is 3. The van der Waals surface area contributed by atoms with Crippen LogP contribution >= 0.6 is 0 Å². The number of hydrogen-bond donors (Lipinski definition) is 2. The number of aliphatic hydroxyl groups excluding tert-OH is 1. The van der Waals surface area contributed by atoms with Crippen molar-refractivity contribution in [3.8, 4) is 0 Å². The molecule has 0 saturated carbocycles. The van der Waals surface area contributed by atoms with Gasteiger partial charge in [0.25, 0.3) is 5.56 Å². The second kappa shape index (κ2) is 7.33. The minimum Gasteiger partial charge on any atom is -0.394 e. The third-order valence-electron chi connectivity index (χ3n) is 5.50. The number of benzene rings is 2. The lowest BCUT2D eigenvalue weighted by Crippen LogP contribution is -2.38. The highest BCUT2D eigenvalue weighted by Gasteiger charge is 2.60. The second-order valence-corrected chi connectivity index (χ2v) is 7.28. The van der Waals surface area contributed by atoms with Gasteiger partial charge in [0.1, 0.15) is 18.3 Å². The van der Waals surface area contributed by atoms with Gasteiger partial charge in [-0.15, -0.1) is 0 Å². The van der Waals surface area contributed by atoms with Crippen LogP contribution in [0.1, 0.15) is 17.4 Å². The topological polar surface area (TPSA) is 103 Å². The van der Waals surface area contributed by atoms with Gasteiger partial charge in [0.2, 0.25) is 5.79 Å². The smallest absolute Gasteiger partial charge is 0.330 e. The van der Waals surface area contributed by atoms with Crippen molar-refractivity contribution in [1.82, 2.24) is 9.55 Å². The number of aromatic nitrogens is 2. The summed E-state index contributed by atoms with van der Waals surface area (Å²) in [5, 5.41) is 9.90. The van der Waals surface area contributed by atoms with Gasteiger partial charge in [0.05, 0.1) is 6.61 Å². The Hall–Kier alpha value is -3.04. The molecule has 5 rings (SSSR count). The van der Waals surface area contributed by atoms with Crippen LogP contribution in [-0.4, -0.2) is 39.6 Å². The second-order valence-electron chi connectivity index (χ2n) is 7.28. The Balaban J connectivity index is 1.62. The first-order valence-electron chi connectivity index (χ1n) is 9.67. The van der Waals surface area contributed by atoms with Crippen molar-refractivity contribution < 1.29 is 19.3 Å². The molecule has 0 spiro atoms. The summed E-state index contributed by atoms with van der Waals surface area (Å²) < 4.78 is 20.1. The summed E-state index contributed by atoms with van der Waals surface area (Å²) in [6.07, 6.45) is -1.53. The largest absolute Gasteiger partial charge is 0.394 e. The summed E-state index contributed by atoms with van der Waals surface area (Å²) in [4.78, 5) is 26.1. The summed E-state index contributed by atoms with van der Waals surface area (Å²) in [5.41, 5.74) is 0.450. The van der Waals surface area contributed by atoms with Gasteiger partial charge in [-0.1, -0.05) is 60.7 Å². The molecular weight excluding hydrogens is 388 g/mol. The first-order valence-corrected chi connectivity index (χ1v) is 9.67. The first kappa shape index (κ1) is 19.0. The zero-order chi connectivity index (χ0) is 20.7. The molecule has 3 heterocycles. The van der Waals surface area contributed by atoms with Gasteiger partial charge in [-0.2, -0.15) is 0 Å². The van der Waals surface area contributed by atoms with Crippen molar-refractivity contribution in [2.24, 2.45) is 0 Å². The van der Waals surface area contributed by atoms with E-state index in [4.69, 9.17) is 14.2 Å². The molecule has 1 aromatic heterocycles. The average Bonchev–Trinajstić information content (AvgIpc) is 3.32. The summed E-state index contributed by atoms with van der Waals surface area (Å²) >= 11 is 0. The number of nitrogens with one attached hydrogen (secondary N) is 1. The number of aromatic amines is 1. The van der Waals surface area contributed by atoms with Crippen LogP contribution in [0.15, 0.2) is 82.5 Å². The minimum absolute atomic E-state index is 0.307. The molecule has 2 fully saturated rings. The van der Waals surface area contributed by atoms with Crippen molar-refractivity contribution in [2.45, 2.75) is 30.3 Å². The molecule has 0 amide bonds. The van der Waals surface area contributed by atoms with Gasteiger partial charge in [0.15, 0.2) is 6.23 Å². The Labute approximate surface area is 171 Å². The Morgan fingerprint density at radius 1 is 0.900 bits per heavy atom. The molecule has 3 aromatic rings. The fourth-order valence-corrected chi connectivity index (χ4v) is 4.14. The van der Waals surface area contributed by atoms with Gasteiger partial charge < -0.3 is 19.3 Å². The number of hydrogen-bond acceptors (Lipinski definition) is 6. The molecule has 2 N–H and O–H groups in total. The van der Waals surface area contributed by atoms with E-state index < -0.39 is 41.6 Å². The molecule has 8 heteroatoms. The number of fused-ring (bicyclic) bond motifs is 1. The number of nitrogens with zero attached hydrogens (tertiary/aromatic N) is 1. The molecule has 2 aliphatic rings. The maximum Gasteiger partial charge on any atom is 0.330 e. The highest BCUT2D eigenvalue weighted by molar-refractivity contribution is 5.35. The molecular formula is C22H20N2O6. The van der Waals surface area contributed by atoms with Crippen LogP contribution in [0.3, 0.4) is 0 Å². The molecule has 8 nitrogen and oxygen atoms in total. The maximum absolute atomic E-state index is 12.4. The van der Waals surface area contributed by atoms with E-state index >= 15 is 0 Å². The van der Waals surface area contributed by atoms with E-state index in [0.717, 1.165) is 11.1 Å². The Morgan fingerprint density at radius 2 is 1.50 bits per heavy atom. The number of aliphatic hydroxyl groups is 1. The summed E-state index contributed by atoms with van der Waals surface area (Å²) in [5.74, 6) is -1.22. The van der Waals surface area contributed by atoms with Crippen LogP contribution in [0, 0.1) is 0 Å². The highest BCUT2D eigenvalue weighted by atomic mass is 16.8. The lowest BCUT2D eigenvalue weighted by molar-refractivity contribution is -0.204. The maximum atomic E-state index is 12.4. The fraction of sp³-hybridized carbons (Fsp3) is 0.273. The SMILES string of the molecule is O=c1ccn(C2OC(CO)C3OC(c4ccccc4)(c4ccccc4)OC32)c(=O)[nH]1. The van der Waals surface area contributed by atoms with E-state index in [2.05, 4.69) is 4.98 Å². The summed E-state index contributed by atoms with van der Waals surface area (Å²) in [7, 11) is 0. The predicted octanol–water partition coefficient (Wildman–Crippen LogP) is 1.11. The van der Waals surface area contributed by atoms with Crippen LogP contribution in [0.4, 0.5) is 0 Å². The lowest BCUT2D eigenvalue weighted by Gasteiger charge is -2.32. The predicted molar refractivity (Wildman–Crippen MR) is 106 cm³/mol. The summed E-state index contributed by atoms with van der Waals surface area (Å²) in [6.45, 7) is -0.307. The van der Waals surface area contributed by atoms with Crippen LogP contribution in [-0.2, 0) is 20.0 Å². The molecule has 0 bridgehead atoms. The molecule has 2 aliphatic heterocycles. The van der Waals surface area contributed by atoms with E-state index in [0.29, 0.717) is 0 Å². The van der Waals surface area contributed by atoms with Crippen molar-refractivity contribution >= 4 is 0 Å². The Morgan fingerprint density at radius 3 is 2.07 bits per heavy atom. The Bertz CT molecular complexity index is 1100. The lowest BCUT2D eigenvalue weighted by atomic mass is 9.97. The van der Waals surface area contributed by atoms with Gasteiger partial charge in [0, 0.05) is 23.4 Å². The van der Waals surface area contributed by atoms with E-state index in [1.54, 1.807) is 0 Å². The highest BCUT2D eigenvalue weighted by Crippen LogP contribution is 2.50. The van der Waals surface area contributed by atoms with Crippen molar-refractivity contribution in [2.75, 3.05) is 6.61 Å². The summed E-state index contributed by atoms with van der Waals surface area (Å²) in [6, 6.07) is 20.2. The van der Waals surface area contributed by atoms with Gasteiger partial charge in [-0.25, -0.2) is 4.79 Å². The van der Waals surface area contributed by atoms with E-state index in [1.807, 2.05) is 60.7 Å². The molecule has 2 aromatic carbocycles. The number of rotatable bonds is 4. The van der Waals surface area contributed by atoms with Crippen LogP contribution < -0.4 is 11.2 Å². The minimum atomic E-state index is -1.22. The van der Waals surface area contributed by atoms with E-state index in [-0.39, 0.29) is 6.61 Å². The molecule has 0 radical (unpaired) electrons. The van der Waals surface area contributed by atoms with Gasteiger partial charge >= 0.3 is 5.69 Å². The normalized spacial score (nSPS) is 27.1. The van der Waals surface area contributed by atoms with Crippen LogP contribution in [0.25, 0.3) is 0 Å². The molecule has 154 valence electrons. The zero-order valence-electron chi connectivity index (χ0n) is 15.9. The van der Waals surface area contributed by atoms with Crippen LogP contribution in [0.5, 0.6) is 0 Å². The molecule has 4 atom stereocenters. The molecule has 30 heavy (non-hydrogen) atoms. The zero-order valence-corrected chi connectivity index (χ0v) is 15.9. The monoisotopic (exact) mass is 408 g/mol. The molecule has 2 saturated heterocycles. The van der Waals surface area contributed by atoms with Gasteiger partial charge in [-0.05, 0) is 0 Å². The van der Waals surface area contributed by atoms with Gasteiger partial charge in [-0.3, -0.25) is 14.3 Å². The first-order chi connectivity index (χ1) is 14.6. The van der Waals surface area contributed by atoms with Crippen molar-refractivity contribution in [3.05, 3.63) is 105 Å². The van der Waals surface area contributed by atoms with Crippen LogP contribution in [0.2, 0.25) is 0 Å². The third-order valence-corrected chi connectivity index (χ3v) is 5.50. The van der Waals surface area contributed by atoms with E-state index in [9.17, 15) is 14.7 Å². The van der Waals surface area contributed by atoms with Crippen molar-refractivity contribution in [1.29, 1.82) is 0 Å². The quantitative estimate of drug-likeness (QED) is 0.671. The van der Waals surface area contributed by atoms with E-state index in [1.165, 1.54) is 16.8 Å². The number of H-pyrrole nitrogens is 1. The average molecular weight is 408 g/mol.